The zero-order chi connectivity index (χ0) is 22.8. The summed E-state index contributed by atoms with van der Waals surface area (Å²) in [6, 6.07) is 11.2. The van der Waals surface area contributed by atoms with E-state index in [4.69, 9.17) is 11.6 Å². The van der Waals surface area contributed by atoms with Gasteiger partial charge in [0.05, 0.1) is 0 Å². The second kappa shape index (κ2) is 9.33. The minimum absolute atomic E-state index is 0.0275. The molecule has 2 atom stereocenters. The average molecular weight is 457 g/mol. The van der Waals surface area contributed by atoms with Crippen molar-refractivity contribution in [2.45, 2.75) is 57.5 Å². The molecule has 2 N–H and O–H groups in total. The Labute approximate surface area is 191 Å². The number of hydrogen-bond acceptors (Lipinski definition) is 2. The summed E-state index contributed by atoms with van der Waals surface area (Å²) in [4.78, 5) is 24.4. The molecule has 1 aliphatic carbocycles. The molecule has 0 bridgehead atoms. The minimum atomic E-state index is -0.894. The first kappa shape index (κ1) is 22.3. The van der Waals surface area contributed by atoms with Gasteiger partial charge in [0.2, 0.25) is 5.91 Å². The number of aryl methyl sites for hydroxylation is 1. The molecule has 4 rings (SSSR count). The number of carbonyl (C=O) groups is 2. The maximum absolute atomic E-state index is 14.0. The molecular weight excluding hydrogens is 431 g/mol. The van der Waals surface area contributed by atoms with Gasteiger partial charge in [-0.1, -0.05) is 30.7 Å². The van der Waals surface area contributed by atoms with Crippen LogP contribution in [0.3, 0.4) is 0 Å². The first-order chi connectivity index (χ1) is 15.4. The van der Waals surface area contributed by atoms with Crippen LogP contribution in [0.15, 0.2) is 42.5 Å². The van der Waals surface area contributed by atoms with E-state index in [2.05, 4.69) is 5.32 Å². The maximum Gasteiger partial charge on any atom is 0.326 e. The average Bonchev–Trinajstić information content (AvgIpc) is 3.07. The quantitative estimate of drug-likeness (QED) is 0.521. The predicted molar refractivity (Wildman–Crippen MR) is 123 cm³/mol. The van der Waals surface area contributed by atoms with E-state index in [1.807, 2.05) is 35.8 Å². The lowest BCUT2D eigenvalue weighted by molar-refractivity contribution is -0.141. The Kier molecular flexibility index (Phi) is 6.51. The predicted octanol–water partition coefficient (Wildman–Crippen LogP) is 5.08. The highest BCUT2D eigenvalue weighted by atomic mass is 35.5. The number of hydrogen-bond donors (Lipinski definition) is 2. The lowest BCUT2D eigenvalue weighted by Gasteiger charge is -2.26. The van der Waals surface area contributed by atoms with Crippen LogP contribution >= 0.6 is 11.6 Å². The summed E-state index contributed by atoms with van der Waals surface area (Å²) in [5.74, 6) is -1.27. The van der Waals surface area contributed by atoms with Crippen molar-refractivity contribution in [3.63, 3.8) is 0 Å². The molecule has 32 heavy (non-hydrogen) atoms. The van der Waals surface area contributed by atoms with Crippen LogP contribution in [0.1, 0.15) is 49.0 Å². The molecule has 3 aromatic rings. The largest absolute Gasteiger partial charge is 0.480 e. The SMILES string of the molecule is CCC(C(=O)O)n1c2c(c3cc(F)ccc31)CC(NC(=O)CCc1ccc(Cl)cc1)CC2. The van der Waals surface area contributed by atoms with Crippen LogP contribution in [-0.4, -0.2) is 27.6 Å². The third-order valence-electron chi connectivity index (χ3n) is 6.27. The van der Waals surface area contributed by atoms with E-state index in [9.17, 15) is 19.1 Å². The van der Waals surface area contributed by atoms with Crippen LogP contribution in [0, 0.1) is 5.82 Å². The number of nitrogens with one attached hydrogen (secondary N) is 1. The second-order valence-electron chi connectivity index (χ2n) is 8.35. The Morgan fingerprint density at radius 3 is 2.69 bits per heavy atom. The summed E-state index contributed by atoms with van der Waals surface area (Å²) in [6.07, 6.45) is 3.35. The third-order valence-corrected chi connectivity index (χ3v) is 6.52. The number of carboxylic acids is 1. The Morgan fingerprint density at radius 2 is 2.00 bits per heavy atom. The van der Waals surface area contributed by atoms with Gasteiger partial charge in [-0.3, -0.25) is 4.79 Å². The first-order valence-corrected chi connectivity index (χ1v) is 11.3. The second-order valence-corrected chi connectivity index (χ2v) is 8.79. The number of benzene rings is 2. The summed E-state index contributed by atoms with van der Waals surface area (Å²) in [5.41, 5.74) is 3.66. The van der Waals surface area contributed by atoms with Gasteiger partial charge in [-0.05, 0) is 73.6 Å². The van der Waals surface area contributed by atoms with Crippen LogP contribution in [0.5, 0.6) is 0 Å². The van der Waals surface area contributed by atoms with Crippen LogP contribution in [-0.2, 0) is 28.9 Å². The van der Waals surface area contributed by atoms with E-state index < -0.39 is 12.0 Å². The topological polar surface area (TPSA) is 71.3 Å². The monoisotopic (exact) mass is 456 g/mol. The zero-order valence-electron chi connectivity index (χ0n) is 17.9. The molecule has 0 saturated carbocycles. The Balaban J connectivity index is 1.53. The standard InChI is InChI=1S/C25H26ClFN2O3/c1-2-21(25(31)32)29-22-10-8-17(27)13-19(22)20-14-18(9-11-23(20)29)28-24(30)12-5-15-3-6-16(26)7-4-15/h3-4,6-8,10,13,18,21H,2,5,9,11-12,14H2,1H3,(H,28,30)(H,31,32). The number of carbonyl (C=O) groups excluding carboxylic acids is 1. The fraction of sp³-hybridized carbons (Fsp3) is 0.360. The number of fused-ring (bicyclic) bond motifs is 3. The van der Waals surface area contributed by atoms with Crippen molar-refractivity contribution in [2.75, 3.05) is 0 Å². The van der Waals surface area contributed by atoms with Crippen molar-refractivity contribution in [3.8, 4) is 0 Å². The zero-order valence-corrected chi connectivity index (χ0v) is 18.7. The molecule has 1 amide bonds. The van der Waals surface area contributed by atoms with E-state index in [0.717, 1.165) is 27.7 Å². The van der Waals surface area contributed by atoms with Crippen molar-refractivity contribution in [3.05, 3.63) is 70.1 Å². The number of carboxylic acid groups (broad SMARTS) is 1. The number of nitrogens with zero attached hydrogens (tertiary/aromatic N) is 1. The van der Waals surface area contributed by atoms with Gasteiger partial charge in [0.1, 0.15) is 11.9 Å². The number of rotatable bonds is 7. The molecule has 1 aliphatic rings. The van der Waals surface area contributed by atoms with Gasteiger partial charge in [0, 0.05) is 34.1 Å². The van der Waals surface area contributed by atoms with Crippen LogP contribution < -0.4 is 5.32 Å². The van der Waals surface area contributed by atoms with Crippen LogP contribution in [0.2, 0.25) is 5.02 Å². The number of aliphatic carboxylic acids is 1. The van der Waals surface area contributed by atoms with E-state index in [1.54, 1.807) is 6.07 Å². The smallest absolute Gasteiger partial charge is 0.326 e. The Morgan fingerprint density at radius 1 is 1.25 bits per heavy atom. The molecule has 1 aromatic heterocycles. The first-order valence-electron chi connectivity index (χ1n) is 10.9. The molecule has 168 valence electrons. The van der Waals surface area contributed by atoms with Crippen molar-refractivity contribution < 1.29 is 19.1 Å². The molecule has 0 aliphatic heterocycles. The van der Waals surface area contributed by atoms with E-state index in [0.29, 0.717) is 43.5 Å². The lowest BCUT2D eigenvalue weighted by atomic mass is 9.91. The highest BCUT2D eigenvalue weighted by Crippen LogP contribution is 2.36. The van der Waals surface area contributed by atoms with Gasteiger partial charge in [0.25, 0.3) is 0 Å². The van der Waals surface area contributed by atoms with Crippen molar-refractivity contribution in [2.24, 2.45) is 0 Å². The lowest BCUT2D eigenvalue weighted by Crippen LogP contribution is -2.39. The molecule has 1 heterocycles. The number of aromatic nitrogens is 1. The summed E-state index contributed by atoms with van der Waals surface area (Å²) < 4.78 is 15.9. The van der Waals surface area contributed by atoms with Gasteiger partial charge in [-0.15, -0.1) is 0 Å². The van der Waals surface area contributed by atoms with Crippen molar-refractivity contribution in [1.29, 1.82) is 0 Å². The molecule has 0 fully saturated rings. The summed E-state index contributed by atoms with van der Waals surface area (Å²) >= 11 is 5.91. The van der Waals surface area contributed by atoms with Gasteiger partial charge < -0.3 is 15.0 Å². The highest BCUT2D eigenvalue weighted by Gasteiger charge is 2.30. The molecule has 0 spiro atoms. The third kappa shape index (κ3) is 4.51. The van der Waals surface area contributed by atoms with Gasteiger partial charge >= 0.3 is 5.97 Å². The molecule has 0 radical (unpaired) electrons. The fourth-order valence-electron chi connectivity index (χ4n) is 4.72. The maximum atomic E-state index is 14.0. The van der Waals surface area contributed by atoms with Gasteiger partial charge in [-0.2, -0.15) is 0 Å². The summed E-state index contributed by atoms with van der Waals surface area (Å²) in [7, 11) is 0. The molecule has 0 saturated heterocycles. The van der Waals surface area contributed by atoms with Crippen LogP contribution in [0.4, 0.5) is 4.39 Å². The van der Waals surface area contributed by atoms with Gasteiger partial charge in [0.15, 0.2) is 0 Å². The number of amides is 1. The minimum Gasteiger partial charge on any atom is -0.480 e. The molecule has 7 heteroatoms. The Hall–Kier alpha value is -2.86. The Bertz CT molecular complexity index is 1160. The molecular formula is C25H26ClFN2O3. The number of halogens is 2. The highest BCUT2D eigenvalue weighted by molar-refractivity contribution is 6.30. The fourth-order valence-corrected chi connectivity index (χ4v) is 4.85. The van der Waals surface area contributed by atoms with E-state index in [-0.39, 0.29) is 17.8 Å². The van der Waals surface area contributed by atoms with Crippen LogP contribution in [0.25, 0.3) is 10.9 Å². The molecule has 2 unspecified atom stereocenters. The van der Waals surface area contributed by atoms with Gasteiger partial charge in [-0.25, -0.2) is 9.18 Å². The normalized spacial score (nSPS) is 16.5. The summed E-state index contributed by atoms with van der Waals surface area (Å²) in [6.45, 7) is 1.84. The van der Waals surface area contributed by atoms with E-state index in [1.165, 1.54) is 12.1 Å². The van der Waals surface area contributed by atoms with Crippen molar-refractivity contribution >= 4 is 34.4 Å². The molecule has 2 aromatic carbocycles. The van der Waals surface area contributed by atoms with E-state index >= 15 is 0 Å². The molecule has 5 nitrogen and oxygen atoms in total. The summed E-state index contributed by atoms with van der Waals surface area (Å²) in [5, 5.41) is 14.3. The van der Waals surface area contributed by atoms with Crippen molar-refractivity contribution in [1.82, 2.24) is 9.88 Å².